The van der Waals surface area contributed by atoms with Crippen LogP contribution in [-0.4, -0.2) is 24.8 Å². The Balaban J connectivity index is 2.63. The Morgan fingerprint density at radius 2 is 2.00 bits per heavy atom. The van der Waals surface area contributed by atoms with Gasteiger partial charge >= 0.3 is 0 Å². The first-order valence-electron chi connectivity index (χ1n) is 4.12. The highest BCUT2D eigenvalue weighted by Crippen LogP contribution is 2.17. The Labute approximate surface area is 75.8 Å². The van der Waals surface area contributed by atoms with Crippen molar-refractivity contribution in [2.24, 2.45) is 0 Å². The molecule has 0 N–H and O–H groups in total. The van der Waals surface area contributed by atoms with Gasteiger partial charge in [0.2, 0.25) is 0 Å². The van der Waals surface area contributed by atoms with Crippen LogP contribution in [0.3, 0.4) is 0 Å². The molecule has 5 nitrogen and oxygen atoms in total. The molecule has 0 aliphatic carbocycles. The van der Waals surface area contributed by atoms with Gasteiger partial charge in [-0.2, -0.15) is 10.1 Å². The van der Waals surface area contributed by atoms with E-state index in [0.717, 1.165) is 5.82 Å². The molecule has 68 valence electrons. The van der Waals surface area contributed by atoms with Crippen molar-refractivity contribution in [3.05, 3.63) is 18.2 Å². The first-order valence-corrected chi connectivity index (χ1v) is 4.12. The minimum Gasteiger partial charge on any atom is -0.217 e. The van der Waals surface area contributed by atoms with Crippen LogP contribution < -0.4 is 0 Å². The highest BCUT2D eigenvalue weighted by molar-refractivity contribution is 5.24. The average molecular weight is 177 g/mol. The van der Waals surface area contributed by atoms with E-state index in [-0.39, 0.29) is 5.41 Å². The fraction of sp³-hybridized carbons (Fsp3) is 0.500. The van der Waals surface area contributed by atoms with Crippen LogP contribution in [0.5, 0.6) is 0 Å². The zero-order chi connectivity index (χ0) is 9.47. The molecule has 0 radical (unpaired) electrons. The Hall–Kier alpha value is -1.52. The lowest BCUT2D eigenvalue weighted by Gasteiger charge is -2.11. The smallest absolute Gasteiger partial charge is 0.217 e. The summed E-state index contributed by atoms with van der Waals surface area (Å²) < 4.78 is 1.45. The summed E-state index contributed by atoms with van der Waals surface area (Å²) in [5, 5.41) is 8.21. The van der Waals surface area contributed by atoms with Gasteiger partial charge in [-0.05, 0) is 0 Å². The Morgan fingerprint density at radius 3 is 2.62 bits per heavy atom. The molecule has 0 saturated heterocycles. The molecule has 0 aliphatic heterocycles. The molecule has 2 rings (SSSR count). The summed E-state index contributed by atoms with van der Waals surface area (Å²) in [5.74, 6) is 1.31. The third kappa shape index (κ3) is 1.37. The molecular formula is C8H11N5. The van der Waals surface area contributed by atoms with E-state index in [9.17, 15) is 0 Å². The first kappa shape index (κ1) is 8.10. The van der Waals surface area contributed by atoms with E-state index >= 15 is 0 Å². The molecule has 0 amide bonds. The number of aromatic nitrogens is 5. The van der Waals surface area contributed by atoms with Crippen molar-refractivity contribution in [2.75, 3.05) is 0 Å². The molecule has 0 spiro atoms. The molecule has 0 fully saturated rings. The summed E-state index contributed by atoms with van der Waals surface area (Å²) in [6.07, 6.45) is 3.20. The summed E-state index contributed by atoms with van der Waals surface area (Å²) in [4.78, 5) is 8.30. The lowest BCUT2D eigenvalue weighted by molar-refractivity contribution is 0.540. The van der Waals surface area contributed by atoms with Gasteiger partial charge in [0.1, 0.15) is 0 Å². The molecule has 0 unspecified atom stereocenters. The van der Waals surface area contributed by atoms with Crippen LogP contribution in [0.25, 0.3) is 5.78 Å². The number of nitrogens with zero attached hydrogens (tertiary/aromatic N) is 5. The molecule has 2 aromatic heterocycles. The second kappa shape index (κ2) is 2.48. The van der Waals surface area contributed by atoms with Crippen LogP contribution >= 0.6 is 0 Å². The average Bonchev–Trinajstić information content (AvgIpc) is 2.45. The van der Waals surface area contributed by atoms with Crippen LogP contribution in [0.15, 0.2) is 12.4 Å². The van der Waals surface area contributed by atoms with Crippen LogP contribution in [-0.2, 0) is 5.41 Å². The molecule has 0 aliphatic rings. The number of rotatable bonds is 0. The fourth-order valence-electron chi connectivity index (χ4n) is 0.965. The summed E-state index contributed by atoms with van der Waals surface area (Å²) in [7, 11) is 0. The van der Waals surface area contributed by atoms with Gasteiger partial charge in [-0.25, -0.2) is 4.98 Å². The maximum Gasteiger partial charge on any atom is 0.270 e. The van der Waals surface area contributed by atoms with E-state index in [1.54, 1.807) is 12.4 Å². The van der Waals surface area contributed by atoms with Gasteiger partial charge in [0.25, 0.3) is 5.78 Å². The molecule has 0 bridgehead atoms. The molecule has 2 aromatic rings. The standard InChI is InChI=1S/C8H11N5/c1-8(2,3)6-11-7-9-4-5-10-13(7)12-6/h4-5H,1-3H3. The molecule has 0 saturated carbocycles. The van der Waals surface area contributed by atoms with Gasteiger partial charge < -0.3 is 0 Å². The highest BCUT2D eigenvalue weighted by Gasteiger charge is 2.19. The minimum absolute atomic E-state index is 0.0601. The van der Waals surface area contributed by atoms with Gasteiger partial charge in [-0.3, -0.25) is 0 Å². The van der Waals surface area contributed by atoms with Crippen LogP contribution in [0.1, 0.15) is 26.6 Å². The molecular weight excluding hydrogens is 166 g/mol. The zero-order valence-electron chi connectivity index (χ0n) is 7.89. The lowest BCUT2D eigenvalue weighted by Crippen LogP contribution is -2.13. The van der Waals surface area contributed by atoms with Crippen molar-refractivity contribution in [1.29, 1.82) is 0 Å². The van der Waals surface area contributed by atoms with E-state index in [0.29, 0.717) is 5.78 Å². The van der Waals surface area contributed by atoms with E-state index in [4.69, 9.17) is 0 Å². The topological polar surface area (TPSA) is 56.0 Å². The van der Waals surface area contributed by atoms with Gasteiger partial charge in [0, 0.05) is 5.41 Å². The summed E-state index contributed by atoms with van der Waals surface area (Å²) >= 11 is 0. The number of fused-ring (bicyclic) bond motifs is 1. The van der Waals surface area contributed by atoms with Crippen molar-refractivity contribution in [1.82, 2.24) is 24.8 Å². The summed E-state index contributed by atoms with van der Waals surface area (Å²) in [6, 6.07) is 0. The Morgan fingerprint density at radius 1 is 1.23 bits per heavy atom. The second-order valence-corrected chi connectivity index (χ2v) is 3.92. The van der Waals surface area contributed by atoms with Crippen molar-refractivity contribution in [3.8, 4) is 0 Å². The van der Waals surface area contributed by atoms with Crippen molar-refractivity contribution in [3.63, 3.8) is 0 Å². The number of hydrogen-bond donors (Lipinski definition) is 0. The predicted octanol–water partition coefficient (Wildman–Crippen LogP) is 0.817. The fourth-order valence-corrected chi connectivity index (χ4v) is 0.965. The predicted molar refractivity (Wildman–Crippen MR) is 47.3 cm³/mol. The highest BCUT2D eigenvalue weighted by atomic mass is 15.5. The van der Waals surface area contributed by atoms with Crippen LogP contribution in [0.4, 0.5) is 0 Å². The van der Waals surface area contributed by atoms with Crippen LogP contribution in [0.2, 0.25) is 0 Å². The van der Waals surface area contributed by atoms with Gasteiger partial charge in [-0.15, -0.1) is 9.73 Å². The Bertz CT molecular complexity index is 392. The minimum atomic E-state index is -0.0601. The lowest BCUT2D eigenvalue weighted by atomic mass is 9.96. The van der Waals surface area contributed by atoms with Crippen molar-refractivity contribution >= 4 is 5.78 Å². The third-order valence-corrected chi connectivity index (χ3v) is 1.68. The normalized spacial score (nSPS) is 12.2. The first-order chi connectivity index (χ1) is 6.07. The van der Waals surface area contributed by atoms with Gasteiger partial charge in [-0.1, -0.05) is 20.8 Å². The molecule has 0 aromatic carbocycles. The van der Waals surface area contributed by atoms with E-state index in [2.05, 4.69) is 40.9 Å². The van der Waals surface area contributed by atoms with Gasteiger partial charge in [0.05, 0.1) is 12.4 Å². The SMILES string of the molecule is CC(C)(C)c1nc2nccnn2n1. The van der Waals surface area contributed by atoms with Gasteiger partial charge in [0.15, 0.2) is 5.82 Å². The van der Waals surface area contributed by atoms with E-state index in [1.807, 2.05) is 0 Å². The second-order valence-electron chi connectivity index (χ2n) is 3.92. The van der Waals surface area contributed by atoms with Crippen molar-refractivity contribution in [2.45, 2.75) is 26.2 Å². The zero-order valence-corrected chi connectivity index (χ0v) is 7.89. The molecule has 5 heteroatoms. The molecule has 13 heavy (non-hydrogen) atoms. The Kier molecular flexibility index (Phi) is 1.55. The maximum absolute atomic E-state index is 4.26. The third-order valence-electron chi connectivity index (χ3n) is 1.68. The molecule has 2 heterocycles. The largest absolute Gasteiger partial charge is 0.270 e. The van der Waals surface area contributed by atoms with Crippen LogP contribution in [0, 0.1) is 0 Å². The summed E-state index contributed by atoms with van der Waals surface area (Å²) in [5.41, 5.74) is -0.0601. The maximum atomic E-state index is 4.26. The number of hydrogen-bond acceptors (Lipinski definition) is 4. The quantitative estimate of drug-likeness (QED) is 0.597. The van der Waals surface area contributed by atoms with E-state index in [1.165, 1.54) is 4.63 Å². The van der Waals surface area contributed by atoms with Crippen molar-refractivity contribution < 1.29 is 0 Å². The monoisotopic (exact) mass is 177 g/mol. The van der Waals surface area contributed by atoms with E-state index < -0.39 is 0 Å². The summed E-state index contributed by atoms with van der Waals surface area (Å²) in [6.45, 7) is 6.17. The molecule has 0 atom stereocenters.